The molecule has 0 spiro atoms. The Morgan fingerprint density at radius 2 is 1.78 bits per heavy atom. The zero-order valence-corrected chi connectivity index (χ0v) is 17.1. The number of hydrogen-bond donors (Lipinski definition) is 3. The molecule has 154 valence electrons. The van der Waals surface area contributed by atoms with Crippen LogP contribution in [-0.4, -0.2) is 30.1 Å². The van der Waals surface area contributed by atoms with Crippen molar-refractivity contribution in [2.45, 2.75) is 6.42 Å². The van der Waals surface area contributed by atoms with Crippen molar-refractivity contribution in [3.8, 4) is 22.5 Å². The molecule has 0 amide bonds. The number of nitrogens with zero attached hydrogens (tertiary/aromatic N) is 4. The molecule has 7 heteroatoms. The van der Waals surface area contributed by atoms with Crippen molar-refractivity contribution in [3.05, 3.63) is 102 Å². The highest BCUT2D eigenvalue weighted by Gasteiger charge is 2.20. The summed E-state index contributed by atoms with van der Waals surface area (Å²) in [7, 11) is 0. The quantitative estimate of drug-likeness (QED) is 0.407. The Bertz CT molecular complexity index is 1490. The lowest BCUT2D eigenvalue weighted by molar-refractivity contribution is 1.04. The lowest BCUT2D eigenvalue weighted by atomic mass is 9.99. The second-order valence-corrected chi connectivity index (χ2v) is 7.75. The number of aromatic amines is 2. The van der Waals surface area contributed by atoms with E-state index in [0.717, 1.165) is 56.0 Å². The van der Waals surface area contributed by atoms with Gasteiger partial charge < -0.3 is 10.7 Å². The number of hydrogen-bond acceptors (Lipinski definition) is 5. The summed E-state index contributed by atoms with van der Waals surface area (Å²) in [6.07, 6.45) is 13.7. The summed E-state index contributed by atoms with van der Waals surface area (Å²) >= 11 is 0. The molecule has 1 aliphatic carbocycles. The first-order valence-corrected chi connectivity index (χ1v) is 10.3. The summed E-state index contributed by atoms with van der Waals surface area (Å²) in [6.45, 7) is 0. The van der Waals surface area contributed by atoms with Crippen molar-refractivity contribution in [2.75, 3.05) is 0 Å². The van der Waals surface area contributed by atoms with E-state index in [2.05, 4.69) is 54.4 Å². The number of nitrogens with two attached hydrogens (primary N) is 1. The average Bonchev–Trinajstić information content (AvgIpc) is 3.40. The molecule has 0 unspecified atom stereocenters. The van der Waals surface area contributed by atoms with Gasteiger partial charge in [0, 0.05) is 70.9 Å². The summed E-state index contributed by atoms with van der Waals surface area (Å²) in [5.41, 5.74) is 15.9. The summed E-state index contributed by atoms with van der Waals surface area (Å²) in [5.74, 6) is 0. The average molecular weight is 417 g/mol. The van der Waals surface area contributed by atoms with Crippen molar-refractivity contribution in [1.29, 1.82) is 0 Å². The molecule has 0 fully saturated rings. The van der Waals surface area contributed by atoms with Gasteiger partial charge in [-0.05, 0) is 47.5 Å². The summed E-state index contributed by atoms with van der Waals surface area (Å²) < 4.78 is 0. The van der Waals surface area contributed by atoms with Crippen LogP contribution in [0.2, 0.25) is 0 Å². The second kappa shape index (κ2) is 7.31. The maximum absolute atomic E-state index is 6.24. The summed E-state index contributed by atoms with van der Waals surface area (Å²) in [5, 5.41) is 8.53. The van der Waals surface area contributed by atoms with Gasteiger partial charge in [0.05, 0.1) is 11.4 Å². The Kier molecular flexibility index (Phi) is 4.18. The topological polar surface area (TPSA) is 109 Å². The molecule has 0 radical (unpaired) electrons. The molecular weight excluding hydrogens is 398 g/mol. The van der Waals surface area contributed by atoms with Gasteiger partial charge in [-0.1, -0.05) is 12.1 Å². The molecule has 0 bridgehead atoms. The Balaban J connectivity index is 1.49. The van der Waals surface area contributed by atoms with Gasteiger partial charge in [0.2, 0.25) is 0 Å². The predicted molar refractivity (Wildman–Crippen MR) is 124 cm³/mol. The van der Waals surface area contributed by atoms with E-state index in [4.69, 9.17) is 5.73 Å². The van der Waals surface area contributed by atoms with E-state index in [0.29, 0.717) is 12.1 Å². The lowest BCUT2D eigenvalue weighted by Gasteiger charge is -2.06. The zero-order chi connectivity index (χ0) is 21.5. The Labute approximate surface area is 183 Å². The van der Waals surface area contributed by atoms with Crippen LogP contribution in [0.5, 0.6) is 0 Å². The monoisotopic (exact) mass is 417 g/mol. The van der Waals surface area contributed by atoms with Crippen LogP contribution in [0.4, 0.5) is 0 Å². The van der Waals surface area contributed by atoms with Crippen molar-refractivity contribution in [2.24, 2.45) is 5.73 Å². The zero-order valence-electron chi connectivity index (χ0n) is 17.1. The highest BCUT2D eigenvalue weighted by atomic mass is 15.2. The highest BCUT2D eigenvalue weighted by molar-refractivity contribution is 5.94. The van der Waals surface area contributed by atoms with Crippen LogP contribution in [0.15, 0.2) is 85.2 Å². The minimum absolute atomic E-state index is 0.641. The second-order valence-electron chi connectivity index (χ2n) is 7.75. The number of aromatic nitrogens is 6. The molecule has 5 aromatic heterocycles. The third-order valence-corrected chi connectivity index (χ3v) is 5.70. The predicted octanol–water partition coefficient (Wildman–Crippen LogP) is 4.24. The van der Waals surface area contributed by atoms with Crippen LogP contribution in [0, 0.1) is 0 Å². The molecule has 0 atom stereocenters. The molecule has 5 heterocycles. The van der Waals surface area contributed by atoms with E-state index < -0.39 is 0 Å². The van der Waals surface area contributed by atoms with Crippen LogP contribution in [0.25, 0.3) is 39.1 Å². The van der Waals surface area contributed by atoms with Crippen molar-refractivity contribution < 1.29 is 0 Å². The van der Waals surface area contributed by atoms with Crippen molar-refractivity contribution in [1.82, 2.24) is 30.1 Å². The summed E-state index contributed by atoms with van der Waals surface area (Å²) in [6, 6.07) is 12.2. The number of allylic oxidation sites excluding steroid dienone is 3. The molecule has 32 heavy (non-hydrogen) atoms. The first-order valence-electron chi connectivity index (χ1n) is 10.3. The fourth-order valence-corrected chi connectivity index (χ4v) is 4.14. The van der Waals surface area contributed by atoms with Gasteiger partial charge in [0.1, 0.15) is 0 Å². The molecule has 0 saturated carbocycles. The fraction of sp³-hybridized carbons (Fsp3) is 0.0400. The Morgan fingerprint density at radius 3 is 2.62 bits per heavy atom. The summed E-state index contributed by atoms with van der Waals surface area (Å²) in [4.78, 5) is 16.5. The van der Waals surface area contributed by atoms with E-state index in [1.165, 1.54) is 0 Å². The van der Waals surface area contributed by atoms with Gasteiger partial charge in [-0.2, -0.15) is 5.10 Å². The van der Waals surface area contributed by atoms with Crippen LogP contribution in [-0.2, 0) is 6.42 Å². The molecule has 5 aromatic rings. The van der Waals surface area contributed by atoms with Gasteiger partial charge in [-0.15, -0.1) is 0 Å². The smallest absolute Gasteiger partial charge is 0.181 e. The molecule has 1 aliphatic rings. The van der Waals surface area contributed by atoms with Gasteiger partial charge in [-0.3, -0.25) is 15.1 Å². The number of H-pyrrole nitrogens is 2. The molecule has 0 saturated heterocycles. The Hall–Kier alpha value is -4.52. The molecule has 6 rings (SSSR count). The SMILES string of the molecule is NC1=CC=C(c2cccnc2)c2cc(-c3[nH]nc4ncc(-c5ccncc5)cc34)[nH]c2C1. The minimum Gasteiger partial charge on any atom is -0.402 e. The van der Waals surface area contributed by atoms with Crippen molar-refractivity contribution in [3.63, 3.8) is 0 Å². The van der Waals surface area contributed by atoms with Gasteiger partial charge >= 0.3 is 0 Å². The number of nitrogens with one attached hydrogen (secondary N) is 2. The largest absolute Gasteiger partial charge is 0.402 e. The van der Waals surface area contributed by atoms with E-state index in [-0.39, 0.29) is 0 Å². The Morgan fingerprint density at radius 1 is 0.875 bits per heavy atom. The maximum Gasteiger partial charge on any atom is 0.181 e. The molecule has 4 N–H and O–H groups in total. The van der Waals surface area contributed by atoms with Crippen LogP contribution < -0.4 is 5.73 Å². The molecule has 0 aromatic carbocycles. The normalized spacial score (nSPS) is 13.4. The number of fused-ring (bicyclic) bond motifs is 2. The standard InChI is InChI=1S/C25H19N7/c26-18-3-4-19(16-2-1-7-28-13-16)20-12-23(30-22(20)11-18)24-21-10-17(14-29-25(21)32-31-24)15-5-8-27-9-6-15/h1-10,12-14,30H,11,26H2,(H,29,31,32). The van der Waals surface area contributed by atoms with Crippen LogP contribution in [0.1, 0.15) is 16.8 Å². The third kappa shape index (κ3) is 3.07. The van der Waals surface area contributed by atoms with Gasteiger partial charge in [-0.25, -0.2) is 4.98 Å². The fourth-order valence-electron chi connectivity index (χ4n) is 4.14. The van der Waals surface area contributed by atoms with Gasteiger partial charge in [0.15, 0.2) is 5.65 Å². The first kappa shape index (κ1) is 18.3. The first-order chi connectivity index (χ1) is 15.8. The molecular formula is C25H19N7. The molecule has 0 aliphatic heterocycles. The van der Waals surface area contributed by atoms with E-state index in [9.17, 15) is 0 Å². The lowest BCUT2D eigenvalue weighted by Crippen LogP contribution is -2.01. The van der Waals surface area contributed by atoms with Gasteiger partial charge in [0.25, 0.3) is 0 Å². The third-order valence-electron chi connectivity index (χ3n) is 5.70. The number of pyridine rings is 3. The van der Waals surface area contributed by atoms with E-state index in [1.807, 2.05) is 36.7 Å². The van der Waals surface area contributed by atoms with E-state index >= 15 is 0 Å². The minimum atomic E-state index is 0.641. The van der Waals surface area contributed by atoms with Crippen LogP contribution >= 0.6 is 0 Å². The van der Waals surface area contributed by atoms with E-state index in [1.54, 1.807) is 18.6 Å². The van der Waals surface area contributed by atoms with Crippen LogP contribution in [0.3, 0.4) is 0 Å². The highest BCUT2D eigenvalue weighted by Crippen LogP contribution is 2.35. The number of rotatable bonds is 3. The molecule has 7 nitrogen and oxygen atoms in total. The van der Waals surface area contributed by atoms with Crippen molar-refractivity contribution >= 4 is 16.6 Å². The maximum atomic E-state index is 6.24.